The minimum atomic E-state index is -3.79. The Kier molecular flexibility index (Phi) is 9.68. The van der Waals surface area contributed by atoms with Crippen LogP contribution in [0.2, 0.25) is 0 Å². The second kappa shape index (κ2) is 11.8. The Balaban J connectivity index is 2.27. The van der Waals surface area contributed by atoms with Gasteiger partial charge in [-0.1, -0.05) is 37.6 Å². The molecular formula is C24H36NO6P. The summed E-state index contributed by atoms with van der Waals surface area (Å²) in [6, 6.07) is 8.18. The molecule has 1 aromatic heterocycles. The lowest BCUT2D eigenvalue weighted by molar-refractivity contribution is -0.154. The van der Waals surface area contributed by atoms with Crippen molar-refractivity contribution in [2.45, 2.75) is 78.5 Å². The molecule has 2 aromatic rings. The first kappa shape index (κ1) is 26.3. The van der Waals surface area contributed by atoms with Gasteiger partial charge in [-0.3, -0.25) is 9.36 Å². The Morgan fingerprint density at radius 1 is 1.09 bits per heavy atom. The minimum Gasteiger partial charge on any atom is -0.459 e. The van der Waals surface area contributed by atoms with Crippen LogP contribution in [0.1, 0.15) is 65.8 Å². The molecule has 32 heavy (non-hydrogen) atoms. The summed E-state index contributed by atoms with van der Waals surface area (Å²) in [5.74, 6) is -0.395. The third-order valence-electron chi connectivity index (χ3n) is 4.67. The summed E-state index contributed by atoms with van der Waals surface area (Å²) in [5.41, 5.74) is 0.905. The van der Waals surface area contributed by atoms with E-state index in [1.54, 1.807) is 34.6 Å². The number of aromatic nitrogens is 1. The van der Waals surface area contributed by atoms with Gasteiger partial charge < -0.3 is 18.2 Å². The number of hydrogen-bond donors (Lipinski definition) is 0. The van der Waals surface area contributed by atoms with Crippen molar-refractivity contribution < 1.29 is 27.6 Å². The highest BCUT2D eigenvalue weighted by Crippen LogP contribution is 2.54. The van der Waals surface area contributed by atoms with E-state index >= 15 is 0 Å². The van der Waals surface area contributed by atoms with Crippen molar-refractivity contribution in [3.63, 3.8) is 0 Å². The third kappa shape index (κ3) is 7.58. The molecule has 0 bridgehead atoms. The van der Waals surface area contributed by atoms with E-state index in [0.29, 0.717) is 5.69 Å². The summed E-state index contributed by atoms with van der Waals surface area (Å²) in [5, 5.41) is 0. The SMILES string of the molecule is CCCCc1ccc(-c2coc(CC(C(=O)OC(C)(C)C)P(=O)(OCC)OCC)n2)cc1. The topological polar surface area (TPSA) is 87.9 Å². The lowest BCUT2D eigenvalue weighted by atomic mass is 10.1. The van der Waals surface area contributed by atoms with Crippen molar-refractivity contribution in [3.8, 4) is 11.3 Å². The average molecular weight is 466 g/mol. The summed E-state index contributed by atoms with van der Waals surface area (Å²) >= 11 is 0. The maximum absolute atomic E-state index is 13.4. The first-order chi connectivity index (χ1) is 15.1. The molecule has 8 heteroatoms. The molecule has 0 aliphatic heterocycles. The van der Waals surface area contributed by atoms with Gasteiger partial charge in [0.05, 0.1) is 13.2 Å². The molecular weight excluding hydrogens is 429 g/mol. The Morgan fingerprint density at radius 2 is 1.72 bits per heavy atom. The van der Waals surface area contributed by atoms with E-state index in [4.69, 9.17) is 18.2 Å². The summed E-state index contributed by atoms with van der Waals surface area (Å²) < 4.78 is 35.4. The van der Waals surface area contributed by atoms with E-state index in [-0.39, 0.29) is 25.5 Å². The number of ether oxygens (including phenoxy) is 1. The molecule has 0 saturated carbocycles. The highest BCUT2D eigenvalue weighted by Gasteiger charge is 2.44. The van der Waals surface area contributed by atoms with Crippen LogP contribution in [0.15, 0.2) is 34.9 Å². The summed E-state index contributed by atoms with van der Waals surface area (Å²) in [6.07, 6.45) is 4.83. The number of unbranched alkanes of at least 4 members (excludes halogenated alkanes) is 1. The van der Waals surface area contributed by atoms with Crippen LogP contribution in [0, 0.1) is 0 Å². The van der Waals surface area contributed by atoms with Gasteiger partial charge in [0.1, 0.15) is 17.6 Å². The second-order valence-electron chi connectivity index (χ2n) is 8.56. The zero-order valence-electron chi connectivity index (χ0n) is 20.1. The van der Waals surface area contributed by atoms with Crippen molar-refractivity contribution in [1.82, 2.24) is 4.98 Å². The predicted molar refractivity (Wildman–Crippen MR) is 125 cm³/mol. The third-order valence-corrected chi connectivity index (χ3v) is 7.06. The van der Waals surface area contributed by atoms with Crippen molar-refractivity contribution >= 4 is 13.6 Å². The monoisotopic (exact) mass is 465 g/mol. The fraction of sp³-hybridized carbons (Fsp3) is 0.583. The Labute approximate surface area is 191 Å². The number of benzene rings is 1. The lowest BCUT2D eigenvalue weighted by Gasteiger charge is -2.27. The molecule has 0 aliphatic rings. The van der Waals surface area contributed by atoms with Crippen LogP contribution in [0.4, 0.5) is 0 Å². The molecule has 0 saturated heterocycles. The number of oxazole rings is 1. The lowest BCUT2D eigenvalue weighted by Crippen LogP contribution is -2.34. The van der Waals surface area contributed by atoms with Gasteiger partial charge in [-0.2, -0.15) is 0 Å². The summed E-state index contributed by atoms with van der Waals surface area (Å²) in [6.45, 7) is 11.1. The van der Waals surface area contributed by atoms with Gasteiger partial charge in [0.25, 0.3) is 0 Å². The highest BCUT2D eigenvalue weighted by atomic mass is 31.2. The maximum atomic E-state index is 13.4. The Bertz CT molecular complexity index is 890. The quantitative estimate of drug-likeness (QED) is 0.272. The minimum absolute atomic E-state index is 0.0548. The molecule has 0 aliphatic carbocycles. The van der Waals surface area contributed by atoms with Gasteiger partial charge >= 0.3 is 13.6 Å². The van der Waals surface area contributed by atoms with Crippen LogP contribution >= 0.6 is 7.60 Å². The van der Waals surface area contributed by atoms with Crippen molar-refractivity contribution in [3.05, 3.63) is 42.0 Å². The molecule has 0 N–H and O–H groups in total. The summed E-state index contributed by atoms with van der Waals surface area (Å²) in [7, 11) is -3.79. The maximum Gasteiger partial charge on any atom is 0.345 e. The van der Waals surface area contributed by atoms with Gasteiger partial charge in [-0.25, -0.2) is 4.98 Å². The fourth-order valence-electron chi connectivity index (χ4n) is 3.20. The largest absolute Gasteiger partial charge is 0.459 e. The van der Waals surface area contributed by atoms with Gasteiger partial charge in [-0.05, 0) is 53.0 Å². The zero-order valence-corrected chi connectivity index (χ0v) is 20.9. The summed E-state index contributed by atoms with van der Waals surface area (Å²) in [4.78, 5) is 17.5. The number of rotatable bonds is 12. The fourth-order valence-corrected chi connectivity index (χ4v) is 5.04. The van der Waals surface area contributed by atoms with E-state index in [1.807, 2.05) is 12.1 Å². The smallest absolute Gasteiger partial charge is 0.345 e. The molecule has 0 radical (unpaired) electrons. The van der Waals surface area contributed by atoms with Crippen LogP contribution in [-0.4, -0.2) is 35.4 Å². The second-order valence-corrected chi connectivity index (χ2v) is 10.8. The number of hydrogen-bond acceptors (Lipinski definition) is 7. The van der Waals surface area contributed by atoms with Crippen LogP contribution in [0.5, 0.6) is 0 Å². The zero-order chi connectivity index (χ0) is 23.8. The Hall–Kier alpha value is -1.95. The van der Waals surface area contributed by atoms with Crippen molar-refractivity contribution in [2.24, 2.45) is 0 Å². The molecule has 178 valence electrons. The standard InChI is InChI=1S/C24H36NO6P/c1-7-10-11-18-12-14-19(15-13-18)20-17-28-22(25-20)16-21(23(26)31-24(4,5)6)32(27,29-8-2)30-9-3/h12-15,17,21H,7-11,16H2,1-6H3. The van der Waals surface area contributed by atoms with Gasteiger partial charge in [0, 0.05) is 12.0 Å². The van der Waals surface area contributed by atoms with Crippen molar-refractivity contribution in [2.75, 3.05) is 13.2 Å². The number of carbonyl (C=O) groups is 1. The molecule has 0 fully saturated rings. The van der Waals surface area contributed by atoms with Gasteiger partial charge in [0.2, 0.25) is 0 Å². The van der Waals surface area contributed by atoms with Crippen LogP contribution in [0.3, 0.4) is 0 Å². The molecule has 2 rings (SSSR count). The van der Waals surface area contributed by atoms with E-state index in [1.165, 1.54) is 11.8 Å². The normalized spacial score (nSPS) is 13.2. The predicted octanol–water partition coefficient (Wildman–Crippen LogP) is 6.20. The van der Waals surface area contributed by atoms with E-state index in [0.717, 1.165) is 24.8 Å². The van der Waals surface area contributed by atoms with Crippen LogP contribution in [-0.2, 0) is 36.0 Å². The van der Waals surface area contributed by atoms with Crippen molar-refractivity contribution in [1.29, 1.82) is 0 Å². The number of nitrogens with zero attached hydrogens (tertiary/aromatic N) is 1. The van der Waals surface area contributed by atoms with Gasteiger partial charge in [0.15, 0.2) is 11.5 Å². The Morgan fingerprint density at radius 3 is 2.25 bits per heavy atom. The van der Waals surface area contributed by atoms with E-state index in [9.17, 15) is 9.36 Å². The molecule has 1 atom stereocenters. The number of aryl methyl sites for hydroxylation is 1. The first-order valence-corrected chi connectivity index (χ1v) is 12.9. The molecule has 1 unspecified atom stereocenters. The molecule has 0 amide bonds. The van der Waals surface area contributed by atoms with Crippen LogP contribution in [0.25, 0.3) is 11.3 Å². The highest BCUT2D eigenvalue weighted by molar-refractivity contribution is 7.55. The average Bonchev–Trinajstić information content (AvgIpc) is 3.18. The molecule has 0 spiro atoms. The van der Waals surface area contributed by atoms with E-state index < -0.39 is 24.8 Å². The van der Waals surface area contributed by atoms with E-state index in [2.05, 4.69) is 24.0 Å². The molecule has 7 nitrogen and oxygen atoms in total. The molecule has 1 heterocycles. The number of esters is 1. The molecule has 1 aromatic carbocycles. The number of carbonyl (C=O) groups excluding carboxylic acids is 1. The van der Waals surface area contributed by atoms with Crippen LogP contribution < -0.4 is 0 Å². The van der Waals surface area contributed by atoms with Gasteiger partial charge in [-0.15, -0.1) is 0 Å². The first-order valence-electron chi connectivity index (χ1n) is 11.3.